The van der Waals surface area contributed by atoms with E-state index in [1.165, 1.54) is 5.56 Å². The summed E-state index contributed by atoms with van der Waals surface area (Å²) in [5, 5.41) is 5.61. The summed E-state index contributed by atoms with van der Waals surface area (Å²) in [6, 6.07) is 15.4. The van der Waals surface area contributed by atoms with Crippen LogP contribution in [0.2, 0.25) is 0 Å². The first-order valence-electron chi connectivity index (χ1n) is 8.77. The predicted molar refractivity (Wildman–Crippen MR) is 104 cm³/mol. The maximum absolute atomic E-state index is 11.9. The van der Waals surface area contributed by atoms with Crippen molar-refractivity contribution in [1.29, 1.82) is 0 Å². The van der Waals surface area contributed by atoms with E-state index in [2.05, 4.69) is 37.5 Å². The molecule has 2 aromatic rings. The summed E-state index contributed by atoms with van der Waals surface area (Å²) in [5.41, 5.74) is 2.23. The number of hydrogen-bond donors (Lipinski definition) is 2. The van der Waals surface area contributed by atoms with Gasteiger partial charge in [-0.3, -0.25) is 0 Å². The molecule has 0 radical (unpaired) electrons. The monoisotopic (exact) mass is 356 g/mol. The lowest BCUT2D eigenvalue weighted by molar-refractivity contribution is 0.236. The largest absolute Gasteiger partial charge is 0.496 e. The van der Waals surface area contributed by atoms with Crippen molar-refractivity contribution in [3.8, 4) is 11.5 Å². The molecule has 0 aliphatic carbocycles. The van der Waals surface area contributed by atoms with E-state index in [0.29, 0.717) is 19.7 Å². The van der Waals surface area contributed by atoms with Crippen LogP contribution in [0.4, 0.5) is 4.79 Å². The normalized spacial score (nSPS) is 10.9. The number of para-hydroxylation sites is 1. The van der Waals surface area contributed by atoms with Crippen molar-refractivity contribution in [2.24, 2.45) is 0 Å². The van der Waals surface area contributed by atoms with Crippen LogP contribution in [0.1, 0.15) is 31.9 Å². The number of methoxy groups -OCH3 is 1. The van der Waals surface area contributed by atoms with E-state index in [9.17, 15) is 4.79 Å². The molecule has 0 atom stereocenters. The molecule has 0 saturated heterocycles. The van der Waals surface area contributed by atoms with Crippen molar-refractivity contribution in [2.45, 2.75) is 32.7 Å². The second kappa shape index (κ2) is 9.13. The van der Waals surface area contributed by atoms with Gasteiger partial charge in [-0.05, 0) is 29.2 Å². The third-order valence-corrected chi connectivity index (χ3v) is 3.99. The van der Waals surface area contributed by atoms with E-state index >= 15 is 0 Å². The van der Waals surface area contributed by atoms with Crippen LogP contribution in [-0.2, 0) is 12.0 Å². The van der Waals surface area contributed by atoms with Crippen molar-refractivity contribution in [1.82, 2.24) is 10.6 Å². The molecule has 26 heavy (non-hydrogen) atoms. The fourth-order valence-corrected chi connectivity index (χ4v) is 2.47. The lowest BCUT2D eigenvalue weighted by Gasteiger charge is -2.19. The van der Waals surface area contributed by atoms with Crippen LogP contribution >= 0.6 is 0 Å². The number of carbonyl (C=O) groups is 1. The molecular formula is C21H28N2O3. The Labute approximate surface area is 155 Å². The van der Waals surface area contributed by atoms with Crippen LogP contribution in [0.5, 0.6) is 11.5 Å². The van der Waals surface area contributed by atoms with Crippen LogP contribution < -0.4 is 20.1 Å². The third kappa shape index (κ3) is 5.99. The summed E-state index contributed by atoms with van der Waals surface area (Å²) >= 11 is 0. The fourth-order valence-electron chi connectivity index (χ4n) is 2.47. The van der Waals surface area contributed by atoms with Crippen LogP contribution in [-0.4, -0.2) is 26.3 Å². The lowest BCUT2D eigenvalue weighted by atomic mass is 9.87. The van der Waals surface area contributed by atoms with Crippen molar-refractivity contribution in [3.63, 3.8) is 0 Å². The van der Waals surface area contributed by atoms with Crippen molar-refractivity contribution < 1.29 is 14.3 Å². The Kier molecular flexibility index (Phi) is 6.89. The standard InChI is InChI=1S/C21H28N2O3/c1-21(2,3)17-9-7-10-18(14-17)26-13-12-22-20(24)23-15-16-8-5-6-11-19(16)25-4/h5-11,14H,12-13,15H2,1-4H3,(H2,22,23,24). The van der Waals surface area contributed by atoms with Gasteiger partial charge in [0, 0.05) is 12.1 Å². The van der Waals surface area contributed by atoms with Crippen LogP contribution in [0, 0.1) is 0 Å². The molecule has 2 N–H and O–H groups in total. The highest BCUT2D eigenvalue weighted by Crippen LogP contribution is 2.25. The molecule has 0 spiro atoms. The number of amides is 2. The molecule has 2 aromatic carbocycles. The maximum atomic E-state index is 11.9. The molecule has 0 aliphatic heterocycles. The predicted octanol–water partition coefficient (Wildman–Crippen LogP) is 3.87. The summed E-state index contributed by atoms with van der Waals surface area (Å²) in [4.78, 5) is 11.9. The SMILES string of the molecule is COc1ccccc1CNC(=O)NCCOc1cccc(C(C)(C)C)c1. The average molecular weight is 356 g/mol. The topological polar surface area (TPSA) is 59.6 Å². The highest BCUT2D eigenvalue weighted by Gasteiger charge is 2.13. The number of nitrogens with one attached hydrogen (secondary N) is 2. The van der Waals surface area contributed by atoms with Gasteiger partial charge in [0.25, 0.3) is 0 Å². The van der Waals surface area contributed by atoms with Gasteiger partial charge in [-0.2, -0.15) is 0 Å². The number of ether oxygens (including phenoxy) is 2. The van der Waals surface area contributed by atoms with Gasteiger partial charge in [0.05, 0.1) is 13.7 Å². The molecule has 5 nitrogen and oxygen atoms in total. The van der Waals surface area contributed by atoms with Gasteiger partial charge in [-0.25, -0.2) is 4.79 Å². The molecule has 2 rings (SSSR count). The van der Waals surface area contributed by atoms with E-state index < -0.39 is 0 Å². The molecule has 0 fully saturated rings. The van der Waals surface area contributed by atoms with Gasteiger partial charge in [0.15, 0.2) is 0 Å². The zero-order valence-electron chi connectivity index (χ0n) is 16.0. The van der Waals surface area contributed by atoms with Gasteiger partial charge >= 0.3 is 6.03 Å². The van der Waals surface area contributed by atoms with Crippen LogP contribution in [0.25, 0.3) is 0 Å². The Balaban J connectivity index is 1.72. The number of rotatable bonds is 7. The van der Waals surface area contributed by atoms with Gasteiger partial charge in [-0.1, -0.05) is 51.1 Å². The molecule has 140 valence electrons. The van der Waals surface area contributed by atoms with Gasteiger partial charge < -0.3 is 20.1 Å². The molecule has 0 aliphatic rings. The second-order valence-electron chi connectivity index (χ2n) is 7.05. The summed E-state index contributed by atoms with van der Waals surface area (Å²) in [5.74, 6) is 1.57. The zero-order chi connectivity index (χ0) is 19.0. The minimum absolute atomic E-state index is 0.0794. The van der Waals surface area contributed by atoms with Gasteiger partial charge in [-0.15, -0.1) is 0 Å². The van der Waals surface area contributed by atoms with E-state index in [4.69, 9.17) is 9.47 Å². The van der Waals surface area contributed by atoms with Crippen LogP contribution in [0.3, 0.4) is 0 Å². The Bertz CT molecular complexity index is 723. The molecule has 0 aromatic heterocycles. The second-order valence-corrected chi connectivity index (χ2v) is 7.05. The Hall–Kier alpha value is -2.69. The summed E-state index contributed by atoms with van der Waals surface area (Å²) in [6.45, 7) is 7.75. The molecular weight excluding hydrogens is 328 g/mol. The minimum atomic E-state index is -0.233. The van der Waals surface area contributed by atoms with E-state index in [0.717, 1.165) is 17.1 Å². The Morgan fingerprint density at radius 2 is 1.81 bits per heavy atom. The molecule has 5 heteroatoms. The van der Waals surface area contributed by atoms with Crippen LogP contribution in [0.15, 0.2) is 48.5 Å². The zero-order valence-corrected chi connectivity index (χ0v) is 16.0. The summed E-state index contributed by atoms with van der Waals surface area (Å²) < 4.78 is 11.0. The summed E-state index contributed by atoms with van der Waals surface area (Å²) in [6.07, 6.45) is 0. The Morgan fingerprint density at radius 3 is 2.54 bits per heavy atom. The number of hydrogen-bond acceptors (Lipinski definition) is 3. The van der Waals surface area contributed by atoms with E-state index in [-0.39, 0.29) is 11.4 Å². The van der Waals surface area contributed by atoms with Crippen molar-refractivity contribution in [2.75, 3.05) is 20.3 Å². The minimum Gasteiger partial charge on any atom is -0.496 e. The van der Waals surface area contributed by atoms with E-state index in [1.54, 1.807) is 7.11 Å². The number of carbonyl (C=O) groups excluding carboxylic acids is 1. The first-order chi connectivity index (χ1) is 12.4. The number of benzene rings is 2. The van der Waals surface area contributed by atoms with E-state index in [1.807, 2.05) is 42.5 Å². The highest BCUT2D eigenvalue weighted by molar-refractivity contribution is 5.73. The maximum Gasteiger partial charge on any atom is 0.315 e. The fraction of sp³-hybridized carbons (Fsp3) is 0.381. The van der Waals surface area contributed by atoms with Crippen molar-refractivity contribution in [3.05, 3.63) is 59.7 Å². The molecule has 0 unspecified atom stereocenters. The molecule has 0 heterocycles. The molecule has 2 amide bonds. The average Bonchev–Trinajstić information content (AvgIpc) is 2.63. The quantitative estimate of drug-likeness (QED) is 0.741. The lowest BCUT2D eigenvalue weighted by Crippen LogP contribution is -2.37. The smallest absolute Gasteiger partial charge is 0.315 e. The molecule has 0 saturated carbocycles. The highest BCUT2D eigenvalue weighted by atomic mass is 16.5. The summed E-state index contributed by atoms with van der Waals surface area (Å²) in [7, 11) is 1.62. The number of urea groups is 1. The first-order valence-corrected chi connectivity index (χ1v) is 8.77. The molecule has 0 bridgehead atoms. The third-order valence-electron chi connectivity index (χ3n) is 3.99. The van der Waals surface area contributed by atoms with Gasteiger partial charge in [0.1, 0.15) is 18.1 Å². The first kappa shape index (κ1) is 19.6. The van der Waals surface area contributed by atoms with Crippen molar-refractivity contribution >= 4 is 6.03 Å². The van der Waals surface area contributed by atoms with Gasteiger partial charge in [0.2, 0.25) is 0 Å². The Morgan fingerprint density at radius 1 is 1.04 bits per heavy atom.